The van der Waals surface area contributed by atoms with E-state index in [4.69, 9.17) is 10.5 Å². The summed E-state index contributed by atoms with van der Waals surface area (Å²) in [5.41, 5.74) is 13.6. The van der Waals surface area contributed by atoms with Crippen molar-refractivity contribution in [1.82, 2.24) is 4.52 Å². The highest BCUT2D eigenvalue weighted by atomic mass is 16.5. The summed E-state index contributed by atoms with van der Waals surface area (Å²) in [5, 5.41) is 10.2. The van der Waals surface area contributed by atoms with E-state index in [1.165, 1.54) is 22.3 Å². The maximum atomic E-state index is 10.2. The number of benzene rings is 1. The zero-order valence-corrected chi connectivity index (χ0v) is 15.9. The molecule has 138 valence electrons. The molecule has 0 aliphatic carbocycles. The van der Waals surface area contributed by atoms with Crippen LogP contribution < -0.4 is 14.8 Å². The minimum atomic E-state index is 0.183. The van der Waals surface area contributed by atoms with Crippen LogP contribution >= 0.6 is 0 Å². The number of aromatic hydroxyl groups is 1. The Kier molecular flexibility index (Phi) is 4.24. The third-order valence-corrected chi connectivity index (χ3v) is 5.22. The molecule has 3 heterocycles. The number of aromatic nitrogens is 2. The second kappa shape index (κ2) is 6.59. The van der Waals surface area contributed by atoms with Crippen molar-refractivity contribution >= 4 is 23.7 Å². The Morgan fingerprint density at radius 1 is 1.26 bits per heavy atom. The fraction of sp³-hybridized carbons (Fsp3) is 0.227. The third kappa shape index (κ3) is 2.62. The molecule has 0 fully saturated rings. The van der Waals surface area contributed by atoms with Crippen molar-refractivity contribution in [2.45, 2.75) is 20.3 Å². The molecule has 0 saturated heterocycles. The smallest absolute Gasteiger partial charge is 0.242 e. The van der Waals surface area contributed by atoms with Crippen molar-refractivity contribution in [2.75, 3.05) is 13.7 Å². The average Bonchev–Trinajstić information content (AvgIpc) is 3.31. The number of aryl methyl sites for hydroxylation is 1. The minimum Gasteiger partial charge on any atom is -0.504 e. The van der Waals surface area contributed by atoms with E-state index in [9.17, 15) is 5.11 Å². The summed E-state index contributed by atoms with van der Waals surface area (Å²) >= 11 is 0. The lowest BCUT2D eigenvalue weighted by molar-refractivity contribution is -0.583. The second-order valence-corrected chi connectivity index (χ2v) is 6.83. The molecule has 2 aromatic heterocycles. The van der Waals surface area contributed by atoms with Gasteiger partial charge in [-0.2, -0.15) is 0 Å². The molecule has 1 aliphatic rings. The molecular formula is C22H24N3O2+. The largest absolute Gasteiger partial charge is 0.504 e. The van der Waals surface area contributed by atoms with Crippen molar-refractivity contribution < 1.29 is 14.2 Å². The van der Waals surface area contributed by atoms with Crippen LogP contribution in [0.4, 0.5) is 0 Å². The topological polar surface area (TPSA) is 65.8 Å². The Balaban J connectivity index is 1.84. The SMILES string of the molecule is COc1ccc(/C=C/c2cc(C)c3c(CCN)c4[n+](n23)=CC=C4)c(C)c1O. The summed E-state index contributed by atoms with van der Waals surface area (Å²) < 4.78 is 9.58. The van der Waals surface area contributed by atoms with Crippen molar-refractivity contribution in [3.05, 3.63) is 64.1 Å². The molecule has 0 atom stereocenters. The quantitative estimate of drug-likeness (QED) is 0.686. The highest BCUT2D eigenvalue weighted by Crippen LogP contribution is 2.32. The van der Waals surface area contributed by atoms with Gasteiger partial charge in [0.05, 0.1) is 12.7 Å². The van der Waals surface area contributed by atoms with Crippen LogP contribution in [0.2, 0.25) is 0 Å². The summed E-state index contributed by atoms with van der Waals surface area (Å²) in [6.45, 7) is 4.65. The molecule has 0 radical (unpaired) electrons. The normalized spacial score (nSPS) is 12.9. The number of nitrogens with two attached hydrogens (primary N) is 1. The molecule has 0 spiro atoms. The van der Waals surface area contributed by atoms with Gasteiger partial charge in [0.15, 0.2) is 11.5 Å². The van der Waals surface area contributed by atoms with Crippen LogP contribution in [0, 0.1) is 20.1 Å². The van der Waals surface area contributed by atoms with Gasteiger partial charge in [-0.25, -0.2) is 0 Å². The molecule has 3 aromatic rings. The molecule has 3 N–H and O–H groups in total. The minimum absolute atomic E-state index is 0.183. The Morgan fingerprint density at radius 3 is 2.81 bits per heavy atom. The Hall–Kier alpha value is -3.05. The van der Waals surface area contributed by atoms with Crippen LogP contribution in [0.15, 0.2) is 24.3 Å². The van der Waals surface area contributed by atoms with Gasteiger partial charge in [0.2, 0.25) is 11.9 Å². The number of hydrogen-bond donors (Lipinski definition) is 2. The van der Waals surface area contributed by atoms with Crippen molar-refractivity contribution in [3.63, 3.8) is 0 Å². The number of phenols is 1. The van der Waals surface area contributed by atoms with Crippen LogP contribution in [0.1, 0.15) is 33.6 Å². The third-order valence-electron chi connectivity index (χ3n) is 5.22. The van der Waals surface area contributed by atoms with Crippen LogP contribution in [0.25, 0.3) is 23.7 Å². The van der Waals surface area contributed by atoms with Gasteiger partial charge >= 0.3 is 0 Å². The number of ether oxygens (including phenoxy) is 1. The molecule has 1 aliphatic heterocycles. The number of nitrogens with zero attached hydrogens (tertiary/aromatic N) is 2. The maximum absolute atomic E-state index is 10.2. The number of allylic oxidation sites excluding steroid dienone is 1. The highest BCUT2D eigenvalue weighted by Gasteiger charge is 2.26. The van der Waals surface area contributed by atoms with Crippen LogP contribution in [0.3, 0.4) is 0 Å². The zero-order chi connectivity index (χ0) is 19.1. The predicted octanol–water partition coefficient (Wildman–Crippen LogP) is 2.99. The number of phenolic OH excluding ortho intramolecular Hbond substituents is 1. The molecule has 0 unspecified atom stereocenters. The van der Waals surface area contributed by atoms with Gasteiger partial charge < -0.3 is 15.6 Å². The average molecular weight is 362 g/mol. The molecule has 0 amide bonds. The van der Waals surface area contributed by atoms with Gasteiger partial charge in [-0.15, -0.1) is 4.52 Å². The lowest BCUT2D eigenvalue weighted by Crippen LogP contribution is -2.24. The fourth-order valence-electron chi connectivity index (χ4n) is 3.87. The van der Waals surface area contributed by atoms with Gasteiger partial charge in [0.25, 0.3) is 0 Å². The first-order valence-electron chi connectivity index (χ1n) is 9.08. The Labute approximate surface area is 158 Å². The van der Waals surface area contributed by atoms with Gasteiger partial charge in [-0.05, 0) is 56.1 Å². The number of methoxy groups -OCH3 is 1. The summed E-state index contributed by atoms with van der Waals surface area (Å²) in [6, 6.07) is 5.93. The number of rotatable bonds is 5. The van der Waals surface area contributed by atoms with Gasteiger partial charge in [-0.1, -0.05) is 16.5 Å². The highest BCUT2D eigenvalue weighted by molar-refractivity contribution is 5.77. The fourth-order valence-corrected chi connectivity index (χ4v) is 3.87. The van der Waals surface area contributed by atoms with E-state index < -0.39 is 0 Å². The second-order valence-electron chi connectivity index (χ2n) is 6.83. The van der Waals surface area contributed by atoms with E-state index >= 15 is 0 Å². The molecule has 5 nitrogen and oxygen atoms in total. The standard InChI is InChI=1S/C22H23N3O2/c1-14-13-17(8-6-16-7-9-20(27-3)22(26)15(16)2)25-21(14)18(10-11-23)19-5-4-12-24(19)25/h4-9,12-13H,10-11,23H2,1-3H3/p+1/b8-6+. The van der Waals surface area contributed by atoms with E-state index in [1.54, 1.807) is 13.2 Å². The van der Waals surface area contributed by atoms with E-state index in [0.29, 0.717) is 12.3 Å². The molecule has 4 rings (SSSR count). The van der Waals surface area contributed by atoms with Gasteiger partial charge in [-0.3, -0.25) is 0 Å². The van der Waals surface area contributed by atoms with Crippen LogP contribution in [-0.2, 0) is 6.42 Å². The van der Waals surface area contributed by atoms with Gasteiger partial charge in [0.1, 0.15) is 11.2 Å². The zero-order valence-electron chi connectivity index (χ0n) is 15.9. The van der Waals surface area contributed by atoms with Crippen LogP contribution in [-0.4, -0.2) is 23.3 Å². The van der Waals surface area contributed by atoms with Crippen molar-refractivity contribution in [3.8, 4) is 11.5 Å². The Morgan fingerprint density at radius 2 is 2.07 bits per heavy atom. The molecular weight excluding hydrogens is 338 g/mol. The first-order valence-corrected chi connectivity index (χ1v) is 9.08. The lowest BCUT2D eigenvalue weighted by Gasteiger charge is -2.08. The maximum Gasteiger partial charge on any atom is 0.242 e. The summed E-state index contributed by atoms with van der Waals surface area (Å²) in [4.78, 5) is 0. The summed E-state index contributed by atoms with van der Waals surface area (Å²) in [6.07, 6.45) is 11.2. The number of fused-ring (bicyclic) bond motifs is 3. The van der Waals surface area contributed by atoms with Crippen molar-refractivity contribution in [2.24, 2.45) is 5.73 Å². The first kappa shape index (κ1) is 17.4. The van der Waals surface area contributed by atoms with E-state index in [-0.39, 0.29) is 5.75 Å². The molecule has 0 saturated carbocycles. The van der Waals surface area contributed by atoms with Crippen LogP contribution in [0.5, 0.6) is 11.5 Å². The first-order chi connectivity index (χ1) is 13.1. The monoisotopic (exact) mass is 362 g/mol. The molecule has 27 heavy (non-hydrogen) atoms. The lowest BCUT2D eigenvalue weighted by atomic mass is 10.1. The molecule has 1 aromatic carbocycles. The molecule has 5 heteroatoms. The van der Waals surface area contributed by atoms with E-state index in [0.717, 1.165) is 23.2 Å². The van der Waals surface area contributed by atoms with E-state index in [1.807, 2.05) is 19.1 Å². The number of hydrogen-bond acceptors (Lipinski definition) is 3. The summed E-state index contributed by atoms with van der Waals surface area (Å²) in [5.74, 6) is 0.671. The van der Waals surface area contributed by atoms with Crippen molar-refractivity contribution in [1.29, 1.82) is 0 Å². The van der Waals surface area contributed by atoms with E-state index in [2.05, 4.69) is 46.3 Å². The molecule has 0 bridgehead atoms. The summed E-state index contributed by atoms with van der Waals surface area (Å²) in [7, 11) is 1.56. The predicted molar refractivity (Wildman–Crippen MR) is 108 cm³/mol. The van der Waals surface area contributed by atoms with Gasteiger partial charge in [0, 0.05) is 17.7 Å². The Bertz CT molecular complexity index is 1150.